The van der Waals surface area contributed by atoms with E-state index in [0.717, 1.165) is 17.5 Å². The lowest BCUT2D eigenvalue weighted by atomic mass is 9.89. The third kappa shape index (κ3) is 5.61. The van der Waals surface area contributed by atoms with Gasteiger partial charge in [-0.25, -0.2) is 0 Å². The Kier molecular flexibility index (Phi) is 6.53. The lowest BCUT2D eigenvalue weighted by Crippen LogP contribution is -2.32. The zero-order chi connectivity index (χ0) is 15.2. The van der Waals surface area contributed by atoms with Gasteiger partial charge in [-0.3, -0.25) is 0 Å². The van der Waals surface area contributed by atoms with Crippen LogP contribution in [0.15, 0.2) is 24.3 Å². The second-order valence-electron chi connectivity index (χ2n) is 6.62. The summed E-state index contributed by atoms with van der Waals surface area (Å²) in [5.41, 5.74) is 1.18. The Hall–Kier alpha value is -0.570. The van der Waals surface area contributed by atoms with E-state index >= 15 is 0 Å². The molecule has 0 radical (unpaired) electrons. The molecule has 3 heteroatoms. The molecule has 0 spiro atoms. The van der Waals surface area contributed by atoms with Gasteiger partial charge in [-0.2, -0.15) is 0 Å². The summed E-state index contributed by atoms with van der Waals surface area (Å²) in [6, 6.07) is 8.53. The predicted octanol–water partition coefficient (Wildman–Crippen LogP) is 4.97. The zero-order valence-corrected chi connectivity index (χ0v) is 14.2. The molecule has 1 aromatic rings. The highest BCUT2D eigenvalue weighted by atomic mass is 35.5. The summed E-state index contributed by atoms with van der Waals surface area (Å²) >= 11 is 6.14. The molecule has 1 aromatic carbocycles. The predicted molar refractivity (Wildman–Crippen MR) is 89.8 cm³/mol. The van der Waals surface area contributed by atoms with Gasteiger partial charge in [0.05, 0.1) is 12.2 Å². The van der Waals surface area contributed by atoms with Gasteiger partial charge < -0.3 is 10.1 Å². The van der Waals surface area contributed by atoms with E-state index in [2.05, 4.69) is 32.2 Å². The lowest BCUT2D eigenvalue weighted by molar-refractivity contribution is -0.0369. The van der Waals surface area contributed by atoms with E-state index in [4.69, 9.17) is 16.3 Å². The van der Waals surface area contributed by atoms with E-state index in [1.807, 2.05) is 18.2 Å². The van der Waals surface area contributed by atoms with Crippen molar-refractivity contribution in [3.05, 3.63) is 34.9 Å². The summed E-state index contributed by atoms with van der Waals surface area (Å²) in [7, 11) is 0. The Morgan fingerprint density at radius 2 is 1.95 bits per heavy atom. The number of nitrogens with one attached hydrogen (secondary N) is 1. The van der Waals surface area contributed by atoms with Crippen LogP contribution in [0.25, 0.3) is 0 Å². The van der Waals surface area contributed by atoms with Gasteiger partial charge in [0.25, 0.3) is 0 Å². The average Bonchev–Trinajstić information content (AvgIpc) is 2.45. The van der Waals surface area contributed by atoms with E-state index in [1.54, 1.807) is 0 Å². The first kappa shape index (κ1) is 16.8. The third-order valence-electron chi connectivity index (χ3n) is 4.25. The molecule has 0 aliphatic heterocycles. The van der Waals surface area contributed by atoms with Gasteiger partial charge in [0.1, 0.15) is 0 Å². The number of hydrogen-bond acceptors (Lipinski definition) is 2. The third-order valence-corrected chi connectivity index (χ3v) is 4.49. The van der Waals surface area contributed by atoms with Crippen LogP contribution < -0.4 is 5.32 Å². The second kappa shape index (κ2) is 8.17. The molecule has 2 nitrogen and oxygen atoms in total. The molecule has 0 saturated heterocycles. The molecule has 0 heterocycles. The minimum absolute atomic E-state index is 0.0875. The fraction of sp³-hybridized carbons (Fsp3) is 0.667. The van der Waals surface area contributed by atoms with Crippen molar-refractivity contribution in [3.63, 3.8) is 0 Å². The highest BCUT2D eigenvalue weighted by Gasteiger charge is 2.23. The summed E-state index contributed by atoms with van der Waals surface area (Å²) in [5, 5.41) is 4.27. The van der Waals surface area contributed by atoms with Crippen LogP contribution in [0.4, 0.5) is 0 Å². The normalized spacial score (nSPS) is 24.2. The van der Waals surface area contributed by atoms with E-state index in [9.17, 15) is 0 Å². The molecule has 21 heavy (non-hydrogen) atoms. The number of hydrogen-bond donors (Lipinski definition) is 1. The Morgan fingerprint density at radius 1 is 1.24 bits per heavy atom. The Morgan fingerprint density at radius 3 is 2.57 bits per heavy atom. The van der Waals surface area contributed by atoms with Crippen molar-refractivity contribution in [3.8, 4) is 0 Å². The zero-order valence-electron chi connectivity index (χ0n) is 13.4. The van der Waals surface area contributed by atoms with E-state index < -0.39 is 0 Å². The topological polar surface area (TPSA) is 21.3 Å². The maximum Gasteiger partial charge on any atom is 0.0953 e. The first-order valence-corrected chi connectivity index (χ1v) is 8.56. The van der Waals surface area contributed by atoms with E-state index in [1.165, 1.54) is 31.2 Å². The van der Waals surface area contributed by atoms with Gasteiger partial charge in [0.2, 0.25) is 0 Å². The van der Waals surface area contributed by atoms with Crippen molar-refractivity contribution in [1.82, 2.24) is 5.32 Å². The maximum absolute atomic E-state index is 6.41. The van der Waals surface area contributed by atoms with Crippen molar-refractivity contribution in [2.24, 2.45) is 5.92 Å². The van der Waals surface area contributed by atoms with Crippen molar-refractivity contribution in [1.29, 1.82) is 0 Å². The summed E-state index contributed by atoms with van der Waals surface area (Å²) in [5.74, 6) is 0.850. The second-order valence-corrected chi connectivity index (χ2v) is 7.06. The molecule has 1 aliphatic carbocycles. The lowest BCUT2D eigenvalue weighted by Gasteiger charge is -2.31. The molecular weight excluding hydrogens is 282 g/mol. The molecule has 0 bridgehead atoms. The van der Waals surface area contributed by atoms with Crippen LogP contribution >= 0.6 is 11.6 Å². The molecule has 1 aliphatic rings. The molecule has 1 atom stereocenters. The summed E-state index contributed by atoms with van der Waals surface area (Å²) in [6.45, 7) is 7.50. The number of ether oxygens (including phenoxy) is 1. The van der Waals surface area contributed by atoms with E-state index in [0.29, 0.717) is 12.1 Å². The molecule has 2 rings (SSSR count). The molecule has 118 valence electrons. The van der Waals surface area contributed by atoms with Crippen LogP contribution in [0.3, 0.4) is 0 Å². The fourth-order valence-electron chi connectivity index (χ4n) is 2.89. The van der Waals surface area contributed by atoms with Crippen LogP contribution in [0.2, 0.25) is 5.02 Å². The van der Waals surface area contributed by atoms with Gasteiger partial charge in [-0.1, -0.05) is 44.5 Å². The Bertz CT molecular complexity index is 427. The molecule has 1 fully saturated rings. The van der Waals surface area contributed by atoms with Crippen LogP contribution in [0.5, 0.6) is 0 Å². The highest BCUT2D eigenvalue weighted by molar-refractivity contribution is 6.30. The van der Waals surface area contributed by atoms with Crippen molar-refractivity contribution < 1.29 is 4.74 Å². The number of halogens is 1. The highest BCUT2D eigenvalue weighted by Crippen LogP contribution is 2.30. The molecule has 0 amide bonds. The SMILES string of the molecule is CC1CCC(OC(CNC(C)C)c2cccc(Cl)c2)CC1. The first-order valence-electron chi connectivity index (χ1n) is 8.19. The summed E-state index contributed by atoms with van der Waals surface area (Å²) < 4.78 is 6.41. The van der Waals surface area contributed by atoms with Gasteiger partial charge in [-0.15, -0.1) is 0 Å². The molecule has 1 N–H and O–H groups in total. The molecule has 0 aromatic heterocycles. The average molecular weight is 310 g/mol. The summed E-state index contributed by atoms with van der Waals surface area (Å²) in [6.07, 6.45) is 5.40. The number of benzene rings is 1. The smallest absolute Gasteiger partial charge is 0.0953 e. The first-order chi connectivity index (χ1) is 10.0. The van der Waals surface area contributed by atoms with Crippen molar-refractivity contribution >= 4 is 11.6 Å². The largest absolute Gasteiger partial charge is 0.369 e. The van der Waals surface area contributed by atoms with Gasteiger partial charge in [0.15, 0.2) is 0 Å². The minimum Gasteiger partial charge on any atom is -0.369 e. The monoisotopic (exact) mass is 309 g/mol. The summed E-state index contributed by atoms with van der Waals surface area (Å²) in [4.78, 5) is 0. The standard InChI is InChI=1S/C18H28ClNO/c1-13(2)20-12-18(15-5-4-6-16(19)11-15)21-17-9-7-14(3)8-10-17/h4-6,11,13-14,17-18,20H,7-10,12H2,1-3H3. The van der Waals surface area contributed by atoms with E-state index in [-0.39, 0.29) is 6.10 Å². The Balaban J connectivity index is 2.01. The Labute approximate surface area is 134 Å². The van der Waals surface area contributed by atoms with Crippen LogP contribution in [0, 0.1) is 5.92 Å². The van der Waals surface area contributed by atoms with Gasteiger partial charge in [0, 0.05) is 17.6 Å². The molecule has 1 saturated carbocycles. The van der Waals surface area contributed by atoms with Gasteiger partial charge in [-0.05, 0) is 49.3 Å². The quantitative estimate of drug-likeness (QED) is 0.800. The minimum atomic E-state index is 0.0875. The molecular formula is C18H28ClNO. The van der Waals surface area contributed by atoms with Crippen molar-refractivity contribution in [2.75, 3.05) is 6.54 Å². The van der Waals surface area contributed by atoms with Crippen molar-refractivity contribution in [2.45, 2.75) is 64.7 Å². The molecule has 1 unspecified atom stereocenters. The van der Waals surface area contributed by atoms with Gasteiger partial charge >= 0.3 is 0 Å². The number of rotatable bonds is 6. The van der Waals surface area contributed by atoms with Crippen LogP contribution in [0.1, 0.15) is 58.1 Å². The fourth-order valence-corrected chi connectivity index (χ4v) is 3.09. The van der Waals surface area contributed by atoms with Crippen LogP contribution in [-0.4, -0.2) is 18.7 Å². The van der Waals surface area contributed by atoms with Crippen LogP contribution in [-0.2, 0) is 4.74 Å². The maximum atomic E-state index is 6.41.